The molecule has 5 nitrogen and oxygen atoms in total. The highest BCUT2D eigenvalue weighted by Crippen LogP contribution is 2.23. The van der Waals surface area contributed by atoms with Crippen LogP contribution >= 0.6 is 11.6 Å². The Morgan fingerprint density at radius 1 is 1.27 bits per heavy atom. The molecule has 6 heteroatoms. The minimum atomic E-state index is -0.106. The number of rotatable bonds is 5. The second-order valence-corrected chi connectivity index (χ2v) is 5.91. The van der Waals surface area contributed by atoms with Crippen LogP contribution in [0.2, 0.25) is 5.02 Å². The van der Waals surface area contributed by atoms with Crippen molar-refractivity contribution in [2.45, 2.75) is 6.42 Å². The number of ether oxygens (including phenoxy) is 1. The highest BCUT2D eigenvalue weighted by molar-refractivity contribution is 6.31. The molecule has 0 amide bonds. The predicted molar refractivity (Wildman–Crippen MR) is 89.9 cm³/mol. The molecule has 1 aliphatic heterocycles. The number of halogens is 1. The molecule has 1 saturated heterocycles. The number of anilines is 1. The fraction of sp³-hybridized carbons (Fsp3) is 0.438. The van der Waals surface area contributed by atoms with Crippen molar-refractivity contribution in [3.05, 3.63) is 39.6 Å². The van der Waals surface area contributed by atoms with Gasteiger partial charge >= 0.3 is 0 Å². The van der Waals surface area contributed by atoms with Crippen LogP contribution in [0.5, 0.6) is 0 Å². The number of aromatic amines is 1. The molecule has 0 saturated carbocycles. The summed E-state index contributed by atoms with van der Waals surface area (Å²) in [6.45, 7) is 5.52. The first kappa shape index (κ1) is 15.3. The summed E-state index contributed by atoms with van der Waals surface area (Å²) >= 11 is 6.06. The van der Waals surface area contributed by atoms with Gasteiger partial charge in [0, 0.05) is 41.8 Å². The zero-order valence-electron chi connectivity index (χ0n) is 12.4. The average molecular weight is 322 g/mol. The molecule has 0 aliphatic carbocycles. The number of hydrogen-bond acceptors (Lipinski definition) is 4. The number of hydrogen-bond donors (Lipinski definition) is 2. The second kappa shape index (κ2) is 7.13. The number of nitrogens with zero attached hydrogens (tertiary/aromatic N) is 1. The van der Waals surface area contributed by atoms with Crippen molar-refractivity contribution in [1.82, 2.24) is 9.88 Å². The molecular formula is C16H20ClN3O2. The SMILES string of the molecule is O=c1cc(NCCCN2CCOCC2)c2cc(Cl)ccc2[nH]1. The fourth-order valence-electron chi connectivity index (χ4n) is 2.72. The summed E-state index contributed by atoms with van der Waals surface area (Å²) in [5.41, 5.74) is 1.53. The van der Waals surface area contributed by atoms with Gasteiger partial charge in [-0.15, -0.1) is 0 Å². The van der Waals surface area contributed by atoms with Gasteiger partial charge in [-0.3, -0.25) is 9.69 Å². The topological polar surface area (TPSA) is 57.4 Å². The Morgan fingerprint density at radius 2 is 2.09 bits per heavy atom. The molecule has 0 unspecified atom stereocenters. The third-order valence-corrected chi connectivity index (χ3v) is 4.11. The summed E-state index contributed by atoms with van der Waals surface area (Å²) in [6.07, 6.45) is 1.02. The van der Waals surface area contributed by atoms with Gasteiger partial charge in [-0.1, -0.05) is 11.6 Å². The Kier molecular flexibility index (Phi) is 4.97. The van der Waals surface area contributed by atoms with Crippen LogP contribution in [-0.2, 0) is 4.74 Å². The van der Waals surface area contributed by atoms with E-state index in [4.69, 9.17) is 16.3 Å². The Labute approximate surface area is 134 Å². The number of fused-ring (bicyclic) bond motifs is 1. The quantitative estimate of drug-likeness (QED) is 0.830. The molecule has 1 fully saturated rings. The summed E-state index contributed by atoms with van der Waals surface area (Å²) in [6, 6.07) is 7.07. The van der Waals surface area contributed by atoms with Crippen molar-refractivity contribution in [1.29, 1.82) is 0 Å². The van der Waals surface area contributed by atoms with Gasteiger partial charge in [0.1, 0.15) is 0 Å². The summed E-state index contributed by atoms with van der Waals surface area (Å²) < 4.78 is 5.34. The molecule has 1 aromatic carbocycles. The summed E-state index contributed by atoms with van der Waals surface area (Å²) in [5.74, 6) is 0. The number of nitrogens with one attached hydrogen (secondary N) is 2. The highest BCUT2D eigenvalue weighted by atomic mass is 35.5. The van der Waals surface area contributed by atoms with Gasteiger partial charge in [-0.25, -0.2) is 0 Å². The van der Waals surface area contributed by atoms with Crippen LogP contribution in [-0.4, -0.2) is 49.3 Å². The van der Waals surface area contributed by atoms with E-state index in [2.05, 4.69) is 15.2 Å². The molecule has 2 heterocycles. The van der Waals surface area contributed by atoms with Crippen molar-refractivity contribution >= 4 is 28.2 Å². The number of H-pyrrole nitrogens is 1. The number of pyridine rings is 1. The third-order valence-electron chi connectivity index (χ3n) is 3.88. The van der Waals surface area contributed by atoms with Crippen molar-refractivity contribution in [2.24, 2.45) is 0 Å². The minimum absolute atomic E-state index is 0.106. The minimum Gasteiger partial charge on any atom is -0.384 e. The molecule has 1 aromatic heterocycles. The van der Waals surface area contributed by atoms with Crippen LogP contribution in [0.4, 0.5) is 5.69 Å². The first-order valence-electron chi connectivity index (χ1n) is 7.59. The van der Waals surface area contributed by atoms with E-state index in [-0.39, 0.29) is 5.56 Å². The lowest BCUT2D eigenvalue weighted by Gasteiger charge is -2.26. The van der Waals surface area contributed by atoms with Crippen molar-refractivity contribution < 1.29 is 4.74 Å². The Balaban J connectivity index is 1.63. The van der Waals surface area contributed by atoms with E-state index in [9.17, 15) is 4.79 Å². The van der Waals surface area contributed by atoms with Crippen LogP contribution in [0.15, 0.2) is 29.1 Å². The maximum absolute atomic E-state index is 11.7. The van der Waals surface area contributed by atoms with Crippen molar-refractivity contribution in [2.75, 3.05) is 44.7 Å². The van der Waals surface area contributed by atoms with Gasteiger partial charge in [0.15, 0.2) is 0 Å². The molecule has 118 valence electrons. The van der Waals surface area contributed by atoms with Gasteiger partial charge in [0.2, 0.25) is 5.56 Å². The van der Waals surface area contributed by atoms with Gasteiger partial charge in [0.25, 0.3) is 0 Å². The average Bonchev–Trinajstić information content (AvgIpc) is 2.53. The smallest absolute Gasteiger partial charge is 0.250 e. The third kappa shape index (κ3) is 3.80. The highest BCUT2D eigenvalue weighted by Gasteiger charge is 2.09. The fourth-order valence-corrected chi connectivity index (χ4v) is 2.89. The second-order valence-electron chi connectivity index (χ2n) is 5.47. The van der Waals surface area contributed by atoms with Crippen LogP contribution < -0.4 is 10.9 Å². The Morgan fingerprint density at radius 3 is 2.91 bits per heavy atom. The van der Waals surface area contributed by atoms with Gasteiger partial charge < -0.3 is 15.0 Å². The Hall–Kier alpha value is -1.56. The predicted octanol–water partition coefficient (Wildman–Crippen LogP) is 2.32. The molecule has 0 atom stereocenters. The molecule has 0 radical (unpaired) electrons. The van der Waals surface area contributed by atoms with Crippen LogP contribution in [0.25, 0.3) is 10.9 Å². The zero-order valence-corrected chi connectivity index (χ0v) is 13.2. The molecule has 2 N–H and O–H groups in total. The van der Waals surface area contributed by atoms with E-state index in [1.807, 2.05) is 12.1 Å². The number of aromatic nitrogens is 1. The summed E-state index contributed by atoms with van der Waals surface area (Å²) in [5, 5.41) is 4.96. The van der Waals surface area contributed by atoms with Gasteiger partial charge in [0.05, 0.1) is 18.7 Å². The number of morpholine rings is 1. The Bertz CT molecular complexity index is 695. The van der Waals surface area contributed by atoms with Crippen molar-refractivity contribution in [3.8, 4) is 0 Å². The van der Waals surface area contributed by atoms with Gasteiger partial charge in [-0.05, 0) is 31.2 Å². The summed E-state index contributed by atoms with van der Waals surface area (Å²) in [7, 11) is 0. The van der Waals surface area contributed by atoms with E-state index in [0.717, 1.165) is 62.4 Å². The van der Waals surface area contributed by atoms with E-state index in [1.54, 1.807) is 12.1 Å². The molecule has 3 rings (SSSR count). The lowest BCUT2D eigenvalue weighted by atomic mass is 10.2. The molecule has 1 aliphatic rings. The van der Waals surface area contributed by atoms with E-state index < -0.39 is 0 Å². The standard InChI is InChI=1S/C16H20ClN3O2/c17-12-2-3-14-13(10-12)15(11-16(21)19-14)18-4-1-5-20-6-8-22-9-7-20/h2-3,10-11H,1,4-9H2,(H2,18,19,21). The van der Waals surface area contributed by atoms with E-state index in [0.29, 0.717) is 5.02 Å². The largest absolute Gasteiger partial charge is 0.384 e. The van der Waals surface area contributed by atoms with Crippen LogP contribution in [0, 0.1) is 0 Å². The lowest BCUT2D eigenvalue weighted by molar-refractivity contribution is 0.0378. The molecule has 2 aromatic rings. The summed E-state index contributed by atoms with van der Waals surface area (Å²) in [4.78, 5) is 16.9. The molecular weight excluding hydrogens is 302 g/mol. The number of benzene rings is 1. The maximum atomic E-state index is 11.7. The molecule has 0 bridgehead atoms. The van der Waals surface area contributed by atoms with E-state index in [1.165, 1.54) is 0 Å². The molecule has 22 heavy (non-hydrogen) atoms. The van der Waals surface area contributed by atoms with Gasteiger partial charge in [-0.2, -0.15) is 0 Å². The van der Waals surface area contributed by atoms with Crippen LogP contribution in [0.1, 0.15) is 6.42 Å². The molecule has 0 spiro atoms. The normalized spacial score (nSPS) is 16.0. The maximum Gasteiger partial charge on any atom is 0.250 e. The first-order valence-corrected chi connectivity index (χ1v) is 7.97. The van der Waals surface area contributed by atoms with E-state index >= 15 is 0 Å². The lowest BCUT2D eigenvalue weighted by Crippen LogP contribution is -2.37. The first-order chi connectivity index (χ1) is 10.7. The van der Waals surface area contributed by atoms with Crippen LogP contribution in [0.3, 0.4) is 0 Å². The monoisotopic (exact) mass is 321 g/mol. The zero-order chi connectivity index (χ0) is 15.4. The van der Waals surface area contributed by atoms with Crippen molar-refractivity contribution in [3.63, 3.8) is 0 Å².